The monoisotopic (exact) mass is 372 g/mol. The second kappa shape index (κ2) is 6.07. The summed E-state index contributed by atoms with van der Waals surface area (Å²) in [4.78, 5) is 1.23. The molecule has 0 radical (unpaired) electrons. The Morgan fingerprint density at radius 1 is 1.15 bits per heavy atom. The van der Waals surface area contributed by atoms with Gasteiger partial charge >= 0.3 is 0 Å². The molecule has 7 heteroatoms. The molecular weight excluding hydrogens is 360 g/mol. The van der Waals surface area contributed by atoms with Crippen molar-refractivity contribution in [2.75, 3.05) is 16.7 Å². The van der Waals surface area contributed by atoms with Crippen LogP contribution in [0, 0.1) is 0 Å². The summed E-state index contributed by atoms with van der Waals surface area (Å²) < 4.78 is 27.6. The number of anilines is 2. The lowest BCUT2D eigenvalue weighted by Crippen LogP contribution is -2.13. The molecule has 0 fully saturated rings. The Kier molecular flexibility index (Phi) is 4.62. The van der Waals surface area contributed by atoms with Gasteiger partial charge in [0.2, 0.25) is 0 Å². The summed E-state index contributed by atoms with van der Waals surface area (Å²) in [6.45, 7) is 0. The van der Waals surface area contributed by atoms with Gasteiger partial charge in [-0.25, -0.2) is 8.42 Å². The van der Waals surface area contributed by atoms with Crippen LogP contribution in [0.4, 0.5) is 11.4 Å². The lowest BCUT2D eigenvalue weighted by Gasteiger charge is -2.09. The van der Waals surface area contributed by atoms with Gasteiger partial charge in [-0.15, -0.1) is 11.8 Å². The van der Waals surface area contributed by atoms with Crippen LogP contribution in [0.15, 0.2) is 56.7 Å². The maximum atomic E-state index is 12.2. The summed E-state index contributed by atoms with van der Waals surface area (Å²) in [5.74, 6) is 0. The minimum Gasteiger partial charge on any atom is -0.398 e. The summed E-state index contributed by atoms with van der Waals surface area (Å²) in [5, 5.41) is 0. The number of hydrogen-bond acceptors (Lipinski definition) is 4. The maximum Gasteiger partial charge on any atom is 0.261 e. The fourth-order valence-electron chi connectivity index (χ4n) is 1.55. The van der Waals surface area contributed by atoms with Gasteiger partial charge in [-0.1, -0.05) is 0 Å². The van der Waals surface area contributed by atoms with Crippen molar-refractivity contribution in [2.45, 2.75) is 9.79 Å². The van der Waals surface area contributed by atoms with E-state index in [1.165, 1.54) is 12.1 Å². The SMILES string of the molecule is CSc1ccc(NS(=O)(=O)c2ccc(N)c(Br)c2)cc1. The van der Waals surface area contributed by atoms with Gasteiger partial charge in [-0.05, 0) is 64.7 Å². The van der Waals surface area contributed by atoms with E-state index < -0.39 is 10.0 Å². The number of nitrogens with two attached hydrogens (primary N) is 1. The molecule has 106 valence electrons. The lowest BCUT2D eigenvalue weighted by atomic mass is 10.3. The van der Waals surface area contributed by atoms with Crippen LogP contribution in [-0.2, 0) is 10.0 Å². The molecule has 0 atom stereocenters. The van der Waals surface area contributed by atoms with Crippen molar-refractivity contribution in [1.82, 2.24) is 0 Å². The maximum absolute atomic E-state index is 12.2. The third-order valence-corrected chi connectivity index (χ3v) is 5.43. The van der Waals surface area contributed by atoms with Gasteiger partial charge in [-0.3, -0.25) is 4.72 Å². The number of sulfonamides is 1. The average molecular weight is 373 g/mol. The van der Waals surface area contributed by atoms with E-state index in [1.807, 2.05) is 18.4 Å². The van der Waals surface area contributed by atoms with Crippen LogP contribution in [0.1, 0.15) is 0 Å². The summed E-state index contributed by atoms with van der Waals surface area (Å²) in [5.41, 5.74) is 6.67. The first-order valence-electron chi connectivity index (χ1n) is 5.64. The van der Waals surface area contributed by atoms with E-state index in [1.54, 1.807) is 30.0 Å². The molecule has 0 spiro atoms. The van der Waals surface area contributed by atoms with E-state index in [0.29, 0.717) is 15.8 Å². The molecule has 0 aromatic heterocycles. The molecule has 2 aromatic rings. The van der Waals surface area contributed by atoms with Gasteiger partial charge in [0.1, 0.15) is 0 Å². The van der Waals surface area contributed by atoms with Crippen LogP contribution in [0.5, 0.6) is 0 Å². The molecule has 2 aromatic carbocycles. The van der Waals surface area contributed by atoms with E-state index >= 15 is 0 Å². The quantitative estimate of drug-likeness (QED) is 0.635. The third kappa shape index (κ3) is 3.47. The lowest BCUT2D eigenvalue weighted by molar-refractivity contribution is 0.601. The highest BCUT2D eigenvalue weighted by atomic mass is 79.9. The molecule has 3 N–H and O–H groups in total. The number of halogens is 1. The van der Waals surface area contributed by atoms with Crippen LogP contribution in [0.25, 0.3) is 0 Å². The Bertz CT molecular complexity index is 716. The fraction of sp³-hybridized carbons (Fsp3) is 0.0769. The van der Waals surface area contributed by atoms with Gasteiger partial charge in [-0.2, -0.15) is 0 Å². The summed E-state index contributed by atoms with van der Waals surface area (Å²) in [6.07, 6.45) is 1.96. The molecular formula is C13H13BrN2O2S2. The van der Waals surface area contributed by atoms with E-state index in [0.717, 1.165) is 4.90 Å². The van der Waals surface area contributed by atoms with Gasteiger partial charge in [0.05, 0.1) is 4.90 Å². The molecule has 0 unspecified atom stereocenters. The van der Waals surface area contributed by atoms with Crippen molar-refractivity contribution in [3.63, 3.8) is 0 Å². The zero-order chi connectivity index (χ0) is 14.8. The Morgan fingerprint density at radius 3 is 2.35 bits per heavy atom. The van der Waals surface area contributed by atoms with Crippen LogP contribution >= 0.6 is 27.7 Å². The second-order valence-electron chi connectivity index (χ2n) is 4.02. The van der Waals surface area contributed by atoms with Crippen molar-refractivity contribution in [3.05, 3.63) is 46.9 Å². The largest absolute Gasteiger partial charge is 0.398 e. The van der Waals surface area contributed by atoms with Crippen molar-refractivity contribution >= 4 is 49.1 Å². The molecule has 4 nitrogen and oxygen atoms in total. The predicted octanol–water partition coefficient (Wildman–Crippen LogP) is 3.55. The van der Waals surface area contributed by atoms with E-state index in [2.05, 4.69) is 20.7 Å². The first-order chi connectivity index (χ1) is 9.42. The zero-order valence-corrected chi connectivity index (χ0v) is 13.8. The number of nitrogens with one attached hydrogen (secondary N) is 1. The van der Waals surface area contributed by atoms with Crippen LogP contribution in [0.2, 0.25) is 0 Å². The molecule has 20 heavy (non-hydrogen) atoms. The molecule has 0 saturated heterocycles. The fourth-order valence-corrected chi connectivity index (χ4v) is 3.57. The number of hydrogen-bond donors (Lipinski definition) is 2. The Hall–Kier alpha value is -1.18. The predicted molar refractivity (Wildman–Crippen MR) is 87.6 cm³/mol. The molecule has 0 heterocycles. The summed E-state index contributed by atoms with van der Waals surface area (Å²) in [6, 6.07) is 11.7. The normalized spacial score (nSPS) is 11.3. The topological polar surface area (TPSA) is 72.2 Å². The minimum absolute atomic E-state index is 0.160. The Labute approximate surface area is 130 Å². The minimum atomic E-state index is -3.61. The third-order valence-electron chi connectivity index (χ3n) is 2.62. The van der Waals surface area contributed by atoms with Gasteiger partial charge in [0.15, 0.2) is 0 Å². The Morgan fingerprint density at radius 2 is 1.80 bits per heavy atom. The average Bonchev–Trinajstić information content (AvgIpc) is 2.42. The summed E-state index contributed by atoms with van der Waals surface area (Å²) >= 11 is 4.82. The number of rotatable bonds is 4. The number of nitrogen functional groups attached to an aromatic ring is 1. The smallest absolute Gasteiger partial charge is 0.261 e. The van der Waals surface area contributed by atoms with Crippen molar-refractivity contribution in [3.8, 4) is 0 Å². The summed E-state index contributed by atoms with van der Waals surface area (Å²) in [7, 11) is -3.61. The first kappa shape index (κ1) is 15.2. The number of benzene rings is 2. The van der Waals surface area contributed by atoms with Crippen LogP contribution < -0.4 is 10.5 Å². The second-order valence-corrected chi connectivity index (χ2v) is 7.43. The molecule has 0 aliphatic rings. The highest BCUT2D eigenvalue weighted by molar-refractivity contribution is 9.10. The van der Waals surface area contributed by atoms with E-state index in [9.17, 15) is 8.42 Å². The van der Waals surface area contributed by atoms with Crippen molar-refractivity contribution < 1.29 is 8.42 Å². The highest BCUT2D eigenvalue weighted by Gasteiger charge is 2.15. The molecule has 2 rings (SSSR count). The Balaban J connectivity index is 2.27. The molecule has 0 aliphatic carbocycles. The van der Waals surface area contributed by atoms with Crippen molar-refractivity contribution in [1.29, 1.82) is 0 Å². The molecule has 0 bridgehead atoms. The molecule has 0 amide bonds. The van der Waals surface area contributed by atoms with E-state index in [-0.39, 0.29) is 4.90 Å². The van der Waals surface area contributed by atoms with Gasteiger partial charge in [0.25, 0.3) is 10.0 Å². The molecule has 0 saturated carbocycles. The van der Waals surface area contributed by atoms with Crippen LogP contribution in [0.3, 0.4) is 0 Å². The van der Waals surface area contributed by atoms with Crippen LogP contribution in [-0.4, -0.2) is 14.7 Å². The van der Waals surface area contributed by atoms with Gasteiger partial charge in [0, 0.05) is 20.7 Å². The van der Waals surface area contributed by atoms with Crippen molar-refractivity contribution in [2.24, 2.45) is 0 Å². The first-order valence-corrected chi connectivity index (χ1v) is 9.14. The highest BCUT2D eigenvalue weighted by Crippen LogP contribution is 2.25. The standard InChI is InChI=1S/C13H13BrN2O2S2/c1-19-10-4-2-9(3-5-10)16-20(17,18)11-6-7-13(15)12(14)8-11/h2-8,16H,15H2,1H3. The molecule has 0 aliphatic heterocycles. The number of thioether (sulfide) groups is 1. The zero-order valence-electron chi connectivity index (χ0n) is 10.6. The van der Waals surface area contributed by atoms with E-state index in [4.69, 9.17) is 5.73 Å². The van der Waals surface area contributed by atoms with Gasteiger partial charge < -0.3 is 5.73 Å².